The van der Waals surface area contributed by atoms with Crippen molar-refractivity contribution in [1.29, 1.82) is 0 Å². The third-order valence-electron chi connectivity index (χ3n) is 10.3. The molecule has 0 bridgehead atoms. The Morgan fingerprint density at radius 3 is 1.10 bits per heavy atom. The molecule has 51 heavy (non-hydrogen) atoms. The maximum atomic E-state index is 2.42. The third-order valence-corrected chi connectivity index (χ3v) is 14.1. The fourth-order valence-electron chi connectivity index (χ4n) is 7.28. The van der Waals surface area contributed by atoms with Crippen LogP contribution >= 0.6 is 34.0 Å². The lowest BCUT2D eigenvalue weighted by Gasteiger charge is -2.06. The van der Waals surface area contributed by atoms with E-state index in [1.165, 1.54) is 163 Å². The van der Waals surface area contributed by atoms with Gasteiger partial charge in [-0.2, -0.15) is 0 Å². The van der Waals surface area contributed by atoms with Gasteiger partial charge in [-0.25, -0.2) is 0 Å². The second-order valence-corrected chi connectivity index (χ2v) is 17.6. The molecule has 0 saturated heterocycles. The molecule has 0 aliphatic rings. The first-order valence-electron chi connectivity index (χ1n) is 19.5. The molecule has 0 N–H and O–H groups in total. The molecule has 0 aliphatic carbocycles. The topological polar surface area (TPSA) is 0 Å². The van der Waals surface area contributed by atoms with Gasteiger partial charge in [-0.15, -0.1) is 34.0 Å². The van der Waals surface area contributed by atoms with E-state index in [0.29, 0.717) is 0 Å². The molecular weight excluding hydrogens is 673 g/mol. The molecule has 7 rings (SSSR count). The second-order valence-electron chi connectivity index (χ2n) is 14.3. The summed E-state index contributed by atoms with van der Waals surface area (Å²) in [5, 5.41) is 5.38. The van der Waals surface area contributed by atoms with Gasteiger partial charge >= 0.3 is 0 Å². The van der Waals surface area contributed by atoms with Gasteiger partial charge in [0.05, 0.1) is 0 Å². The molecule has 4 aromatic carbocycles. The number of aryl methyl sites for hydroxylation is 2. The van der Waals surface area contributed by atoms with Crippen LogP contribution in [0.15, 0.2) is 109 Å². The van der Waals surface area contributed by atoms with Crippen molar-refractivity contribution in [2.24, 2.45) is 0 Å². The lowest BCUT2D eigenvalue weighted by molar-refractivity contribution is 0.607. The van der Waals surface area contributed by atoms with Crippen LogP contribution in [0.2, 0.25) is 0 Å². The van der Waals surface area contributed by atoms with Gasteiger partial charge < -0.3 is 0 Å². The van der Waals surface area contributed by atoms with Crippen LogP contribution in [0.4, 0.5) is 0 Å². The summed E-state index contributed by atoms with van der Waals surface area (Å²) in [7, 11) is 0. The molecule has 0 atom stereocenters. The molecule has 262 valence electrons. The maximum absolute atomic E-state index is 2.42. The molecule has 0 aliphatic heterocycles. The predicted octanol–water partition coefficient (Wildman–Crippen LogP) is 16.7. The Balaban J connectivity index is 1.00. The summed E-state index contributed by atoms with van der Waals surface area (Å²) in [4.78, 5) is 8.08. The first-order chi connectivity index (χ1) is 25.2. The summed E-state index contributed by atoms with van der Waals surface area (Å²) in [6.07, 6.45) is 18.5. The van der Waals surface area contributed by atoms with Crippen LogP contribution < -0.4 is 0 Å². The minimum Gasteiger partial charge on any atom is -0.134 e. The van der Waals surface area contributed by atoms with Crippen LogP contribution in [0.3, 0.4) is 0 Å². The van der Waals surface area contributed by atoms with Crippen LogP contribution in [-0.2, 0) is 12.8 Å². The smallest absolute Gasteiger partial charge is 0.0449 e. The van der Waals surface area contributed by atoms with E-state index in [1.807, 2.05) is 34.0 Å². The molecule has 0 fully saturated rings. The van der Waals surface area contributed by atoms with Gasteiger partial charge in [0, 0.05) is 29.3 Å². The van der Waals surface area contributed by atoms with Crippen LogP contribution in [0.25, 0.3) is 61.9 Å². The van der Waals surface area contributed by atoms with Crippen molar-refractivity contribution >= 4 is 55.6 Å². The zero-order chi connectivity index (χ0) is 34.8. The number of hydrogen-bond donors (Lipinski definition) is 0. The highest BCUT2D eigenvalue weighted by Gasteiger charge is 2.12. The molecule has 3 aromatic heterocycles. The average molecular weight is 725 g/mol. The van der Waals surface area contributed by atoms with E-state index in [1.54, 1.807) is 0 Å². The van der Waals surface area contributed by atoms with E-state index in [2.05, 4.69) is 123 Å². The first kappa shape index (κ1) is 35.9. The molecule has 0 amide bonds. The van der Waals surface area contributed by atoms with Crippen LogP contribution in [0.1, 0.15) is 102 Å². The van der Waals surface area contributed by atoms with Crippen molar-refractivity contribution in [1.82, 2.24) is 0 Å². The second kappa shape index (κ2) is 17.8. The number of benzene rings is 4. The van der Waals surface area contributed by atoms with E-state index in [-0.39, 0.29) is 0 Å². The van der Waals surface area contributed by atoms with Crippen molar-refractivity contribution in [2.45, 2.75) is 104 Å². The molecular formula is C48H52S3. The molecule has 0 radical (unpaired) electrons. The number of rotatable bonds is 18. The first-order valence-corrected chi connectivity index (χ1v) is 22.0. The fourth-order valence-corrected chi connectivity index (χ4v) is 10.5. The minimum absolute atomic E-state index is 1.18. The number of hydrogen-bond acceptors (Lipinski definition) is 3. The van der Waals surface area contributed by atoms with Crippen molar-refractivity contribution < 1.29 is 0 Å². The maximum Gasteiger partial charge on any atom is 0.0449 e. The standard InChI is InChI=1S/C48H52S3/c1-3-5-7-9-11-13-15-35-17-19-37-21-23-39(33-41(37)31-35)43-25-27-45(49-43)47-29-30-48(51-47)46-28-26-44(50-46)40-24-22-38-20-18-36(32-42(38)34-40)16-14-12-10-8-6-4-2/h17-34H,3-16H2,1-2H3. The average Bonchev–Trinajstić information content (AvgIpc) is 3.96. The van der Waals surface area contributed by atoms with Crippen LogP contribution in [0, 0.1) is 0 Å². The van der Waals surface area contributed by atoms with E-state index < -0.39 is 0 Å². The molecule has 3 heteroatoms. The SMILES string of the molecule is CCCCCCCCc1ccc2ccc(-c3ccc(-c4ccc(-c5ccc(-c6ccc7ccc(CCCCCCCC)cc7c6)s5)s4)s3)cc2c1. The quantitative estimate of drug-likeness (QED) is 0.0773. The Morgan fingerprint density at radius 2 is 0.667 bits per heavy atom. The highest BCUT2D eigenvalue weighted by atomic mass is 32.1. The van der Waals surface area contributed by atoms with Crippen molar-refractivity contribution in [3.63, 3.8) is 0 Å². The number of unbranched alkanes of at least 4 members (excludes halogenated alkanes) is 10. The van der Waals surface area contributed by atoms with E-state index >= 15 is 0 Å². The summed E-state index contributed by atoms with van der Waals surface area (Å²) in [6.45, 7) is 4.58. The summed E-state index contributed by atoms with van der Waals surface area (Å²) in [5.74, 6) is 0. The highest BCUT2D eigenvalue weighted by molar-refractivity contribution is 7.27. The summed E-state index contributed by atoms with van der Waals surface area (Å²) >= 11 is 5.73. The normalized spacial score (nSPS) is 11.6. The van der Waals surface area contributed by atoms with Gasteiger partial charge in [-0.05, 0) is 118 Å². The van der Waals surface area contributed by atoms with Crippen LogP contribution in [-0.4, -0.2) is 0 Å². The van der Waals surface area contributed by atoms with E-state index in [9.17, 15) is 0 Å². The summed E-state index contributed by atoms with van der Waals surface area (Å²) < 4.78 is 0. The zero-order valence-corrected chi connectivity index (χ0v) is 33.0. The monoisotopic (exact) mass is 724 g/mol. The summed E-state index contributed by atoms with van der Waals surface area (Å²) in [5.41, 5.74) is 5.58. The fraction of sp³-hybridized carbons (Fsp3) is 0.333. The Bertz CT molecular complexity index is 2000. The Kier molecular flexibility index (Phi) is 12.5. The van der Waals surface area contributed by atoms with Gasteiger partial charge in [0.25, 0.3) is 0 Å². The van der Waals surface area contributed by atoms with Gasteiger partial charge in [0.15, 0.2) is 0 Å². The highest BCUT2D eigenvalue weighted by Crippen LogP contribution is 2.43. The van der Waals surface area contributed by atoms with Crippen molar-refractivity contribution in [2.75, 3.05) is 0 Å². The predicted molar refractivity (Wildman–Crippen MR) is 231 cm³/mol. The Hall–Kier alpha value is -3.50. The molecule has 0 saturated carbocycles. The van der Waals surface area contributed by atoms with Gasteiger partial charge in [0.1, 0.15) is 0 Å². The number of thiophene rings is 3. The zero-order valence-electron chi connectivity index (χ0n) is 30.5. The molecule has 0 unspecified atom stereocenters. The molecule has 3 heterocycles. The lowest BCUT2D eigenvalue weighted by Crippen LogP contribution is -1.87. The van der Waals surface area contributed by atoms with Gasteiger partial charge in [-0.1, -0.05) is 139 Å². The summed E-state index contributed by atoms with van der Waals surface area (Å²) in [6, 6.07) is 41.9. The molecule has 0 spiro atoms. The molecule has 0 nitrogen and oxygen atoms in total. The Labute approximate surface area is 318 Å². The van der Waals surface area contributed by atoms with E-state index in [4.69, 9.17) is 0 Å². The number of fused-ring (bicyclic) bond motifs is 2. The van der Waals surface area contributed by atoms with Gasteiger partial charge in [-0.3, -0.25) is 0 Å². The third kappa shape index (κ3) is 9.30. The van der Waals surface area contributed by atoms with Crippen LogP contribution in [0.5, 0.6) is 0 Å². The lowest BCUT2D eigenvalue weighted by atomic mass is 10.00. The molecule has 7 aromatic rings. The van der Waals surface area contributed by atoms with Crippen molar-refractivity contribution in [3.05, 3.63) is 120 Å². The van der Waals surface area contributed by atoms with E-state index in [0.717, 1.165) is 0 Å². The van der Waals surface area contributed by atoms with Gasteiger partial charge in [0.2, 0.25) is 0 Å². The largest absolute Gasteiger partial charge is 0.134 e. The van der Waals surface area contributed by atoms with Crippen molar-refractivity contribution in [3.8, 4) is 40.4 Å². The Morgan fingerprint density at radius 1 is 0.314 bits per heavy atom. The minimum atomic E-state index is 1.18.